The molecule has 4 aromatic rings. The zero-order valence-corrected chi connectivity index (χ0v) is 15.2. The highest BCUT2D eigenvalue weighted by Gasteiger charge is 2.27. The van der Waals surface area contributed by atoms with Crippen molar-refractivity contribution >= 4 is 22.5 Å². The molecule has 0 spiro atoms. The highest BCUT2D eigenvalue weighted by atomic mass is 35.5. The SMILES string of the molecule is N#Cc1ccc2[nH]c(-c3nc4n(n3)CCCC4c3ccccc3Cl)cc2c1. The molecule has 132 valence electrons. The van der Waals surface area contributed by atoms with Crippen LogP contribution in [-0.4, -0.2) is 19.7 Å². The first-order chi connectivity index (χ1) is 13.2. The van der Waals surface area contributed by atoms with Crippen molar-refractivity contribution in [2.75, 3.05) is 0 Å². The first-order valence-electron chi connectivity index (χ1n) is 8.95. The van der Waals surface area contributed by atoms with E-state index >= 15 is 0 Å². The van der Waals surface area contributed by atoms with E-state index in [0.29, 0.717) is 11.4 Å². The van der Waals surface area contributed by atoms with Crippen LogP contribution in [0, 0.1) is 11.3 Å². The number of aryl methyl sites for hydroxylation is 1. The first kappa shape index (κ1) is 16.1. The summed E-state index contributed by atoms with van der Waals surface area (Å²) in [5.74, 6) is 1.79. The van der Waals surface area contributed by atoms with Crippen molar-refractivity contribution in [2.24, 2.45) is 0 Å². The van der Waals surface area contributed by atoms with Crippen LogP contribution in [0.15, 0.2) is 48.5 Å². The molecule has 3 heterocycles. The molecule has 6 heteroatoms. The minimum atomic E-state index is 0.156. The minimum Gasteiger partial charge on any atom is -0.352 e. The molecule has 27 heavy (non-hydrogen) atoms. The Hall–Kier alpha value is -3.10. The maximum atomic E-state index is 9.09. The molecule has 1 N–H and O–H groups in total. The molecule has 1 aliphatic heterocycles. The Labute approximate surface area is 161 Å². The molecule has 0 saturated heterocycles. The second-order valence-electron chi connectivity index (χ2n) is 6.83. The number of nitrogens with zero attached hydrogens (tertiary/aromatic N) is 4. The fourth-order valence-corrected chi connectivity index (χ4v) is 4.11. The number of fused-ring (bicyclic) bond motifs is 2. The average molecular weight is 374 g/mol. The quantitative estimate of drug-likeness (QED) is 0.544. The van der Waals surface area contributed by atoms with Gasteiger partial charge in [-0.1, -0.05) is 29.8 Å². The van der Waals surface area contributed by atoms with Gasteiger partial charge in [0, 0.05) is 28.4 Å². The topological polar surface area (TPSA) is 70.3 Å². The van der Waals surface area contributed by atoms with Crippen LogP contribution < -0.4 is 0 Å². The number of nitriles is 1. The first-order valence-corrected chi connectivity index (χ1v) is 9.33. The lowest BCUT2D eigenvalue weighted by atomic mass is 9.91. The maximum Gasteiger partial charge on any atom is 0.197 e. The van der Waals surface area contributed by atoms with Gasteiger partial charge in [0.25, 0.3) is 0 Å². The highest BCUT2D eigenvalue weighted by Crippen LogP contribution is 2.36. The average Bonchev–Trinajstić information content (AvgIpc) is 3.31. The van der Waals surface area contributed by atoms with Crippen LogP contribution in [0.2, 0.25) is 5.02 Å². The fourth-order valence-electron chi connectivity index (χ4n) is 3.84. The molecule has 2 aromatic carbocycles. The van der Waals surface area contributed by atoms with Crippen LogP contribution in [0.5, 0.6) is 0 Å². The zero-order chi connectivity index (χ0) is 18.4. The molecule has 1 atom stereocenters. The van der Waals surface area contributed by atoms with E-state index in [1.165, 1.54) is 0 Å². The Morgan fingerprint density at radius 2 is 2.07 bits per heavy atom. The Kier molecular flexibility index (Phi) is 3.73. The normalized spacial score (nSPS) is 16.2. The van der Waals surface area contributed by atoms with Gasteiger partial charge in [-0.2, -0.15) is 5.26 Å². The van der Waals surface area contributed by atoms with Crippen LogP contribution in [0.3, 0.4) is 0 Å². The number of rotatable bonds is 2. The number of hydrogen-bond donors (Lipinski definition) is 1. The molecule has 2 aromatic heterocycles. The minimum absolute atomic E-state index is 0.156. The number of aromatic amines is 1. The summed E-state index contributed by atoms with van der Waals surface area (Å²) in [5, 5.41) is 15.6. The van der Waals surface area contributed by atoms with Crippen molar-refractivity contribution in [1.82, 2.24) is 19.7 Å². The number of hydrogen-bond acceptors (Lipinski definition) is 3. The van der Waals surface area contributed by atoms with Gasteiger partial charge in [0.1, 0.15) is 5.82 Å². The van der Waals surface area contributed by atoms with Gasteiger partial charge in [0.05, 0.1) is 17.3 Å². The summed E-state index contributed by atoms with van der Waals surface area (Å²) in [6.07, 6.45) is 2.06. The van der Waals surface area contributed by atoms with Crippen LogP contribution in [0.4, 0.5) is 0 Å². The Bertz CT molecular complexity index is 1200. The number of H-pyrrole nitrogens is 1. The molecule has 0 radical (unpaired) electrons. The molecule has 1 aliphatic rings. The lowest BCUT2D eigenvalue weighted by Crippen LogP contribution is -2.18. The highest BCUT2D eigenvalue weighted by molar-refractivity contribution is 6.31. The molecular formula is C21H16ClN5. The van der Waals surface area contributed by atoms with E-state index in [-0.39, 0.29) is 5.92 Å². The van der Waals surface area contributed by atoms with E-state index < -0.39 is 0 Å². The van der Waals surface area contributed by atoms with Gasteiger partial charge in [-0.15, -0.1) is 5.10 Å². The number of aromatic nitrogens is 4. The van der Waals surface area contributed by atoms with Gasteiger partial charge < -0.3 is 4.98 Å². The standard InChI is InChI=1S/C21H16ClN5/c22-17-6-2-1-4-15(17)16-5-3-9-27-21(16)25-20(26-27)19-11-14-10-13(12-23)7-8-18(14)24-19/h1-2,4,6-8,10-11,16,24H,3,5,9H2. The second kappa shape index (κ2) is 6.26. The molecule has 0 aliphatic carbocycles. The van der Waals surface area contributed by atoms with Gasteiger partial charge in [-0.05, 0) is 48.7 Å². The number of nitrogens with one attached hydrogen (secondary N) is 1. The predicted molar refractivity (Wildman–Crippen MR) is 105 cm³/mol. The van der Waals surface area contributed by atoms with Gasteiger partial charge in [-0.25, -0.2) is 9.67 Å². The number of halogens is 1. The Morgan fingerprint density at radius 1 is 1.19 bits per heavy atom. The van der Waals surface area contributed by atoms with Crippen LogP contribution in [0.1, 0.15) is 35.7 Å². The van der Waals surface area contributed by atoms with E-state index in [1.807, 2.05) is 47.1 Å². The second-order valence-corrected chi connectivity index (χ2v) is 7.24. The van der Waals surface area contributed by atoms with Crippen molar-refractivity contribution in [3.05, 3.63) is 70.5 Å². The van der Waals surface area contributed by atoms with Gasteiger partial charge in [0.15, 0.2) is 5.82 Å². The van der Waals surface area contributed by atoms with Crippen molar-refractivity contribution in [3.63, 3.8) is 0 Å². The molecule has 0 amide bonds. The summed E-state index contributed by atoms with van der Waals surface area (Å²) in [7, 11) is 0. The zero-order valence-electron chi connectivity index (χ0n) is 14.5. The summed E-state index contributed by atoms with van der Waals surface area (Å²) in [5.41, 5.74) is 3.58. The molecule has 1 unspecified atom stereocenters. The molecule has 0 bridgehead atoms. The third-order valence-corrected chi connectivity index (χ3v) is 5.49. The number of benzene rings is 2. The van der Waals surface area contributed by atoms with E-state index in [4.69, 9.17) is 26.9 Å². The lowest BCUT2D eigenvalue weighted by Gasteiger charge is -2.23. The predicted octanol–water partition coefficient (Wildman–Crippen LogP) is 4.88. The summed E-state index contributed by atoms with van der Waals surface area (Å²) in [6.45, 7) is 0.863. The van der Waals surface area contributed by atoms with Gasteiger partial charge in [-0.3, -0.25) is 0 Å². The lowest BCUT2D eigenvalue weighted by molar-refractivity contribution is 0.446. The summed E-state index contributed by atoms with van der Waals surface area (Å²) < 4.78 is 2.00. The monoisotopic (exact) mass is 373 g/mol. The Morgan fingerprint density at radius 3 is 2.93 bits per heavy atom. The smallest absolute Gasteiger partial charge is 0.197 e. The van der Waals surface area contributed by atoms with Gasteiger partial charge in [0.2, 0.25) is 0 Å². The van der Waals surface area contributed by atoms with Crippen molar-refractivity contribution in [2.45, 2.75) is 25.3 Å². The maximum absolute atomic E-state index is 9.09. The molecule has 0 fully saturated rings. The third-order valence-electron chi connectivity index (χ3n) is 5.15. The molecule has 0 saturated carbocycles. The summed E-state index contributed by atoms with van der Waals surface area (Å²) in [6, 6.07) is 17.7. The summed E-state index contributed by atoms with van der Waals surface area (Å²) >= 11 is 6.44. The van der Waals surface area contributed by atoms with Crippen LogP contribution in [-0.2, 0) is 6.54 Å². The van der Waals surface area contributed by atoms with Crippen molar-refractivity contribution < 1.29 is 0 Å². The summed E-state index contributed by atoms with van der Waals surface area (Å²) in [4.78, 5) is 8.22. The fraction of sp³-hybridized carbons (Fsp3) is 0.190. The Balaban J connectivity index is 1.59. The van der Waals surface area contributed by atoms with Crippen LogP contribution >= 0.6 is 11.6 Å². The molecule has 5 rings (SSSR count). The van der Waals surface area contributed by atoms with E-state index in [0.717, 1.165) is 52.4 Å². The van der Waals surface area contributed by atoms with Crippen LogP contribution in [0.25, 0.3) is 22.4 Å². The van der Waals surface area contributed by atoms with E-state index in [9.17, 15) is 0 Å². The van der Waals surface area contributed by atoms with Gasteiger partial charge >= 0.3 is 0 Å². The molecule has 5 nitrogen and oxygen atoms in total. The third kappa shape index (κ3) is 2.70. The van der Waals surface area contributed by atoms with E-state index in [1.54, 1.807) is 0 Å². The van der Waals surface area contributed by atoms with Crippen molar-refractivity contribution in [1.29, 1.82) is 5.26 Å². The van der Waals surface area contributed by atoms with Crippen molar-refractivity contribution in [3.8, 4) is 17.6 Å². The van der Waals surface area contributed by atoms with E-state index in [2.05, 4.69) is 17.1 Å². The largest absolute Gasteiger partial charge is 0.352 e. The molecular weight excluding hydrogens is 358 g/mol.